The van der Waals surface area contributed by atoms with Gasteiger partial charge in [0.25, 0.3) is 0 Å². The first-order chi connectivity index (χ1) is 9.20. The predicted molar refractivity (Wildman–Crippen MR) is 70.3 cm³/mol. The Balaban J connectivity index is 2.98. The highest BCUT2D eigenvalue weighted by atomic mass is 19.1. The van der Waals surface area contributed by atoms with Gasteiger partial charge in [0.2, 0.25) is 6.54 Å². The molecule has 0 saturated carbocycles. The second-order valence-corrected chi connectivity index (χ2v) is 5.16. The van der Waals surface area contributed by atoms with Crippen molar-refractivity contribution < 1.29 is 18.9 Å². The maximum absolute atomic E-state index is 12.8. The lowest BCUT2D eigenvalue weighted by atomic mass is 9.98. The molecule has 0 saturated heterocycles. The number of benzene rings is 1. The molecule has 0 N–H and O–H groups in total. The van der Waals surface area contributed by atoms with Crippen molar-refractivity contribution in [2.75, 3.05) is 6.54 Å². The Morgan fingerprint density at radius 1 is 1.35 bits per heavy atom. The molecule has 6 nitrogen and oxygen atoms in total. The molecule has 1 rings (SSSR count). The zero-order valence-corrected chi connectivity index (χ0v) is 11.4. The SMILES string of the molecule is CC(C)(C)C(=O)ON=C(C[N+](=O)[O-])c1ccc(F)cc1. The summed E-state index contributed by atoms with van der Waals surface area (Å²) in [5.41, 5.74) is -0.496. The van der Waals surface area contributed by atoms with E-state index in [1.165, 1.54) is 12.1 Å². The van der Waals surface area contributed by atoms with E-state index >= 15 is 0 Å². The number of halogens is 1. The van der Waals surface area contributed by atoms with Gasteiger partial charge < -0.3 is 4.84 Å². The zero-order chi connectivity index (χ0) is 15.3. The highest BCUT2D eigenvalue weighted by molar-refractivity contribution is 6.01. The van der Waals surface area contributed by atoms with E-state index in [-0.39, 0.29) is 5.71 Å². The first-order valence-electron chi connectivity index (χ1n) is 5.86. The van der Waals surface area contributed by atoms with Gasteiger partial charge in [0.1, 0.15) is 5.82 Å². The van der Waals surface area contributed by atoms with Crippen LogP contribution in [-0.2, 0) is 9.63 Å². The number of oxime groups is 1. The fourth-order valence-electron chi connectivity index (χ4n) is 1.17. The molecule has 0 aliphatic rings. The van der Waals surface area contributed by atoms with E-state index in [4.69, 9.17) is 4.84 Å². The average molecular weight is 282 g/mol. The van der Waals surface area contributed by atoms with Gasteiger partial charge in [-0.25, -0.2) is 9.18 Å². The van der Waals surface area contributed by atoms with E-state index in [9.17, 15) is 19.3 Å². The minimum Gasteiger partial charge on any atom is -0.317 e. The molecule has 7 heteroatoms. The molecule has 0 atom stereocenters. The molecule has 0 unspecified atom stereocenters. The molecule has 0 heterocycles. The molecule has 0 amide bonds. The van der Waals surface area contributed by atoms with Crippen LogP contribution in [0.25, 0.3) is 0 Å². The summed E-state index contributed by atoms with van der Waals surface area (Å²) < 4.78 is 12.8. The molecule has 1 aromatic carbocycles. The highest BCUT2D eigenvalue weighted by Gasteiger charge is 2.24. The van der Waals surface area contributed by atoms with Crippen LogP contribution >= 0.6 is 0 Å². The van der Waals surface area contributed by atoms with Crippen LogP contribution in [0.4, 0.5) is 4.39 Å². The van der Waals surface area contributed by atoms with Crippen molar-refractivity contribution >= 4 is 11.7 Å². The molecule has 0 radical (unpaired) electrons. The first kappa shape index (κ1) is 15.7. The van der Waals surface area contributed by atoms with Crippen LogP contribution in [0.5, 0.6) is 0 Å². The second kappa shape index (κ2) is 6.23. The minimum absolute atomic E-state index is 0.0485. The third-order valence-electron chi connectivity index (χ3n) is 2.31. The van der Waals surface area contributed by atoms with Crippen LogP contribution in [-0.4, -0.2) is 23.1 Å². The second-order valence-electron chi connectivity index (χ2n) is 5.16. The molecular formula is C13H15FN2O4. The molecule has 108 valence electrons. The van der Waals surface area contributed by atoms with Gasteiger partial charge in [0.15, 0.2) is 5.71 Å². The van der Waals surface area contributed by atoms with Gasteiger partial charge in [0.05, 0.1) is 5.41 Å². The van der Waals surface area contributed by atoms with Crippen LogP contribution in [0, 0.1) is 21.3 Å². The van der Waals surface area contributed by atoms with Gasteiger partial charge in [0, 0.05) is 10.5 Å². The summed E-state index contributed by atoms with van der Waals surface area (Å²) in [6.07, 6.45) is 0. The van der Waals surface area contributed by atoms with Crippen LogP contribution in [0.1, 0.15) is 26.3 Å². The Labute approximate surface area is 115 Å². The van der Waals surface area contributed by atoms with Gasteiger partial charge in [-0.3, -0.25) is 10.1 Å². The van der Waals surface area contributed by atoms with Crippen molar-refractivity contribution in [2.45, 2.75) is 20.8 Å². The lowest BCUT2D eigenvalue weighted by molar-refractivity contribution is -0.463. The van der Waals surface area contributed by atoms with Crippen molar-refractivity contribution in [1.29, 1.82) is 0 Å². The molecule has 0 aromatic heterocycles. The topological polar surface area (TPSA) is 81.8 Å². The number of hydrogen-bond donors (Lipinski definition) is 0. The van der Waals surface area contributed by atoms with Crippen molar-refractivity contribution in [2.24, 2.45) is 10.6 Å². The summed E-state index contributed by atoms with van der Waals surface area (Å²) in [5, 5.41) is 14.1. The molecule has 1 aromatic rings. The largest absolute Gasteiger partial charge is 0.340 e. The number of nitrogens with zero attached hydrogens (tertiary/aromatic N) is 2. The zero-order valence-electron chi connectivity index (χ0n) is 11.4. The van der Waals surface area contributed by atoms with Crippen molar-refractivity contribution in [3.05, 3.63) is 45.8 Å². The summed E-state index contributed by atoms with van der Waals surface area (Å²) in [6.45, 7) is 4.28. The lowest BCUT2D eigenvalue weighted by Gasteiger charge is -2.13. The van der Waals surface area contributed by atoms with E-state index in [1.54, 1.807) is 20.8 Å². The van der Waals surface area contributed by atoms with Crippen molar-refractivity contribution in [3.8, 4) is 0 Å². The van der Waals surface area contributed by atoms with E-state index in [0.717, 1.165) is 12.1 Å². The number of carbonyl (C=O) groups is 1. The van der Waals surface area contributed by atoms with Gasteiger partial charge in [-0.1, -0.05) is 5.16 Å². The van der Waals surface area contributed by atoms with E-state index in [0.29, 0.717) is 5.56 Å². The minimum atomic E-state index is -0.772. The Bertz CT molecular complexity index is 532. The Morgan fingerprint density at radius 2 is 1.90 bits per heavy atom. The van der Waals surface area contributed by atoms with Crippen molar-refractivity contribution in [1.82, 2.24) is 0 Å². The third-order valence-corrected chi connectivity index (χ3v) is 2.31. The van der Waals surface area contributed by atoms with Gasteiger partial charge in [-0.15, -0.1) is 0 Å². The number of hydrogen-bond acceptors (Lipinski definition) is 5. The van der Waals surface area contributed by atoms with E-state index < -0.39 is 28.7 Å². The standard InChI is InChI=1S/C13H15FN2O4/c1-13(2,3)12(17)20-15-11(8-16(18)19)9-4-6-10(14)7-5-9/h4-7H,8H2,1-3H3. The van der Waals surface area contributed by atoms with E-state index in [2.05, 4.69) is 5.16 Å². The van der Waals surface area contributed by atoms with Crippen molar-refractivity contribution in [3.63, 3.8) is 0 Å². The monoisotopic (exact) mass is 282 g/mol. The summed E-state index contributed by atoms with van der Waals surface area (Å²) in [5.74, 6) is -1.08. The van der Waals surface area contributed by atoms with Crippen LogP contribution in [0.3, 0.4) is 0 Å². The maximum atomic E-state index is 12.8. The normalized spacial score (nSPS) is 12.1. The molecule has 0 bridgehead atoms. The third kappa shape index (κ3) is 4.75. The quantitative estimate of drug-likeness (QED) is 0.367. The summed E-state index contributed by atoms with van der Waals surface area (Å²) in [4.78, 5) is 26.3. The fraction of sp³-hybridized carbons (Fsp3) is 0.385. The van der Waals surface area contributed by atoms with Crippen LogP contribution < -0.4 is 0 Å². The molecule has 0 aliphatic heterocycles. The summed E-state index contributed by atoms with van der Waals surface area (Å²) in [6, 6.07) is 4.97. The number of nitro groups is 1. The highest BCUT2D eigenvalue weighted by Crippen LogP contribution is 2.15. The van der Waals surface area contributed by atoms with E-state index in [1.807, 2.05) is 0 Å². The van der Waals surface area contributed by atoms with Gasteiger partial charge in [-0.05, 0) is 45.0 Å². The maximum Gasteiger partial charge on any atom is 0.340 e. The summed E-state index contributed by atoms with van der Waals surface area (Å²) in [7, 11) is 0. The summed E-state index contributed by atoms with van der Waals surface area (Å²) >= 11 is 0. The van der Waals surface area contributed by atoms with Gasteiger partial charge >= 0.3 is 5.97 Å². The Hall–Kier alpha value is -2.31. The number of rotatable bonds is 4. The van der Waals surface area contributed by atoms with Crippen LogP contribution in [0.2, 0.25) is 0 Å². The lowest BCUT2D eigenvalue weighted by Crippen LogP contribution is -2.23. The Morgan fingerprint density at radius 3 is 2.35 bits per heavy atom. The smallest absolute Gasteiger partial charge is 0.317 e. The first-order valence-corrected chi connectivity index (χ1v) is 5.86. The molecule has 0 fully saturated rings. The van der Waals surface area contributed by atoms with Gasteiger partial charge in [-0.2, -0.15) is 0 Å². The molecular weight excluding hydrogens is 267 g/mol. The predicted octanol–water partition coefficient (Wildman–Crippen LogP) is 2.40. The molecule has 0 spiro atoms. The fourth-order valence-corrected chi connectivity index (χ4v) is 1.17. The van der Waals surface area contributed by atoms with Crippen LogP contribution in [0.15, 0.2) is 29.4 Å². The number of carbonyl (C=O) groups excluding carboxylic acids is 1. The average Bonchev–Trinajstić information content (AvgIpc) is 2.33. The Kier molecular flexibility index (Phi) is 4.90. The molecule has 0 aliphatic carbocycles. The molecule has 20 heavy (non-hydrogen) atoms.